The van der Waals surface area contributed by atoms with Crippen molar-refractivity contribution in [2.24, 2.45) is 0 Å². The molecule has 4 N–H and O–H groups in total. The normalized spacial score (nSPS) is 11.3. The first-order valence-corrected chi connectivity index (χ1v) is 17.5. The van der Waals surface area contributed by atoms with E-state index in [2.05, 4.69) is 33.2 Å². The molecule has 0 radical (unpaired) electrons. The van der Waals surface area contributed by atoms with E-state index in [9.17, 15) is 17.8 Å². The van der Waals surface area contributed by atoms with Gasteiger partial charge in [0.05, 0.1) is 11.5 Å². The number of amides is 2. The van der Waals surface area contributed by atoms with Crippen molar-refractivity contribution >= 4 is 39.6 Å². The van der Waals surface area contributed by atoms with Crippen molar-refractivity contribution in [2.45, 2.75) is 88.2 Å². The first-order chi connectivity index (χ1) is 20.8. The zero-order valence-electron chi connectivity index (χ0n) is 24.7. The summed E-state index contributed by atoms with van der Waals surface area (Å²) in [4.78, 5) is 16.3. The van der Waals surface area contributed by atoms with E-state index in [1.807, 2.05) is 12.1 Å². The topological polar surface area (TPSA) is 156 Å². The van der Waals surface area contributed by atoms with Crippen LogP contribution < -0.4 is 20.9 Å². The summed E-state index contributed by atoms with van der Waals surface area (Å²) < 4.78 is 42.6. The van der Waals surface area contributed by atoms with Gasteiger partial charge in [-0.1, -0.05) is 82.0 Å². The third kappa shape index (κ3) is 14.2. The van der Waals surface area contributed by atoms with Gasteiger partial charge in [-0.2, -0.15) is 25.2 Å². The number of hydrazine groups is 1. The third-order valence-electron chi connectivity index (χ3n) is 6.56. The number of hydrogen-bond donors (Lipinski definition) is 4. The molecular weight excluding hydrogens is 590 g/mol. The molecule has 236 valence electrons. The fraction of sp³-hybridized carbons (Fsp3) is 0.500. The number of nitrogens with one attached hydrogen (secondary N) is 3. The van der Waals surface area contributed by atoms with Gasteiger partial charge in [-0.3, -0.25) is 4.55 Å². The molecule has 43 heavy (non-hydrogen) atoms. The number of rotatable bonds is 21. The molecule has 0 atom stereocenters. The summed E-state index contributed by atoms with van der Waals surface area (Å²) in [5.41, 5.74) is 6.42. The van der Waals surface area contributed by atoms with Gasteiger partial charge in [-0.05, 0) is 48.4 Å². The van der Waals surface area contributed by atoms with E-state index in [0.717, 1.165) is 17.7 Å². The van der Waals surface area contributed by atoms with E-state index in [4.69, 9.17) is 9.26 Å². The Bertz CT molecular complexity index is 1330. The fourth-order valence-corrected chi connectivity index (χ4v) is 5.68. The zero-order valence-corrected chi connectivity index (χ0v) is 26.4. The van der Waals surface area contributed by atoms with Gasteiger partial charge in [0.2, 0.25) is 0 Å². The van der Waals surface area contributed by atoms with Crippen LogP contribution in [0.5, 0.6) is 5.75 Å². The number of benzene rings is 2. The Kier molecular flexibility index (Phi) is 15.2. The third-order valence-corrected chi connectivity index (χ3v) is 8.44. The number of aryl methyl sites for hydroxylation is 1. The number of anilines is 2. The van der Waals surface area contributed by atoms with Crippen molar-refractivity contribution in [1.29, 1.82) is 0 Å². The summed E-state index contributed by atoms with van der Waals surface area (Å²) in [6, 6.07) is 12.9. The van der Waals surface area contributed by atoms with Crippen LogP contribution in [0.2, 0.25) is 0 Å². The Hall–Kier alpha value is -3.29. The Morgan fingerprint density at radius 1 is 0.977 bits per heavy atom. The number of unbranched alkanes of at least 4 members (excludes halogenated alkanes) is 9. The SMILES string of the molecule is CCCCCCCCCCCCOc1ccc(NC(=O)NNc2nc(CCSCc3cccc(S(=O)(=O)O)c3)no2)cc1. The maximum absolute atomic E-state index is 12.2. The minimum absolute atomic E-state index is 0.0479. The van der Waals surface area contributed by atoms with Crippen molar-refractivity contribution in [3.63, 3.8) is 0 Å². The molecule has 3 aromatic rings. The van der Waals surface area contributed by atoms with E-state index in [0.29, 0.717) is 36.0 Å². The molecule has 0 saturated carbocycles. The lowest BCUT2D eigenvalue weighted by atomic mass is 10.1. The average molecular weight is 634 g/mol. The minimum Gasteiger partial charge on any atom is -0.494 e. The summed E-state index contributed by atoms with van der Waals surface area (Å²) in [6.45, 7) is 2.93. The molecule has 0 saturated heterocycles. The van der Waals surface area contributed by atoms with Crippen LogP contribution >= 0.6 is 11.8 Å². The molecule has 13 heteroatoms. The molecular formula is C30H43N5O6S2. The molecule has 2 aromatic carbocycles. The second kappa shape index (κ2) is 19.1. The predicted octanol–water partition coefficient (Wildman–Crippen LogP) is 7.24. The number of nitrogens with zero attached hydrogens (tertiary/aromatic N) is 2. The molecule has 3 rings (SSSR count). The number of thioether (sulfide) groups is 1. The minimum atomic E-state index is -4.23. The highest BCUT2D eigenvalue weighted by Crippen LogP contribution is 2.19. The summed E-state index contributed by atoms with van der Waals surface area (Å²) in [5.74, 6) is 2.43. The smallest absolute Gasteiger partial charge is 0.340 e. The summed E-state index contributed by atoms with van der Waals surface area (Å²) >= 11 is 1.55. The Labute approximate surface area is 258 Å². The van der Waals surface area contributed by atoms with Crippen molar-refractivity contribution in [1.82, 2.24) is 15.6 Å². The second-order valence-electron chi connectivity index (χ2n) is 10.2. The Balaban J connectivity index is 1.24. The highest BCUT2D eigenvalue weighted by Gasteiger charge is 2.11. The van der Waals surface area contributed by atoms with E-state index < -0.39 is 16.1 Å². The number of carbonyl (C=O) groups excluding carboxylic acids is 1. The number of carbonyl (C=O) groups is 1. The molecule has 0 aliphatic rings. The lowest BCUT2D eigenvalue weighted by Crippen LogP contribution is -2.33. The van der Waals surface area contributed by atoms with Crippen molar-refractivity contribution in [3.05, 3.63) is 59.9 Å². The molecule has 0 bridgehead atoms. The summed E-state index contributed by atoms with van der Waals surface area (Å²) in [6.07, 6.45) is 13.4. The van der Waals surface area contributed by atoms with Crippen LogP contribution in [0.3, 0.4) is 0 Å². The van der Waals surface area contributed by atoms with E-state index >= 15 is 0 Å². The van der Waals surface area contributed by atoms with Crippen LogP contribution in [0.4, 0.5) is 16.5 Å². The number of ether oxygens (including phenoxy) is 1. The van der Waals surface area contributed by atoms with Gasteiger partial charge in [0.1, 0.15) is 5.75 Å². The van der Waals surface area contributed by atoms with Crippen molar-refractivity contribution < 1.29 is 27.0 Å². The predicted molar refractivity (Wildman–Crippen MR) is 170 cm³/mol. The van der Waals surface area contributed by atoms with Gasteiger partial charge in [0.15, 0.2) is 5.82 Å². The van der Waals surface area contributed by atoms with E-state index in [-0.39, 0.29) is 10.9 Å². The zero-order chi connectivity index (χ0) is 30.8. The van der Waals surface area contributed by atoms with Crippen LogP contribution in [0.25, 0.3) is 0 Å². The highest BCUT2D eigenvalue weighted by molar-refractivity contribution is 7.98. The van der Waals surface area contributed by atoms with Gasteiger partial charge >= 0.3 is 12.0 Å². The lowest BCUT2D eigenvalue weighted by Gasteiger charge is -2.09. The molecule has 0 aliphatic carbocycles. The van der Waals surface area contributed by atoms with Gasteiger partial charge in [-0.15, -0.1) is 0 Å². The monoisotopic (exact) mass is 633 g/mol. The standard InChI is InChI=1S/C30H43N5O6S2/c1-2-3-4-5-6-7-8-9-10-11-20-40-26-17-15-25(16-18-26)31-29(36)33-34-30-32-28(35-41-30)19-21-42-23-24-13-12-14-27(22-24)43(37,38)39/h12-18,22H,2-11,19-21,23H2,1H3,(H2,31,33,36)(H,32,34,35)(H,37,38,39). The fourth-order valence-electron chi connectivity index (χ4n) is 4.24. The summed E-state index contributed by atoms with van der Waals surface area (Å²) in [7, 11) is -4.23. The highest BCUT2D eigenvalue weighted by atomic mass is 32.2. The average Bonchev–Trinajstić information content (AvgIpc) is 3.45. The first-order valence-electron chi connectivity index (χ1n) is 14.9. The van der Waals surface area contributed by atoms with Crippen molar-refractivity contribution in [2.75, 3.05) is 23.1 Å². The maximum Gasteiger partial charge on any atom is 0.340 e. The number of urea groups is 1. The van der Waals surface area contributed by atoms with Gasteiger partial charge in [0.25, 0.3) is 10.1 Å². The second-order valence-corrected chi connectivity index (χ2v) is 12.7. The van der Waals surface area contributed by atoms with Crippen molar-refractivity contribution in [3.8, 4) is 5.75 Å². The largest absolute Gasteiger partial charge is 0.494 e. The van der Waals surface area contributed by atoms with E-state index in [1.165, 1.54) is 69.9 Å². The van der Waals surface area contributed by atoms with Crippen LogP contribution in [-0.2, 0) is 22.3 Å². The van der Waals surface area contributed by atoms with Crippen LogP contribution in [0.1, 0.15) is 82.5 Å². The lowest BCUT2D eigenvalue weighted by molar-refractivity contribution is 0.253. The van der Waals surface area contributed by atoms with Gasteiger partial charge in [0, 0.05) is 23.6 Å². The first kappa shape index (κ1) is 34.2. The molecule has 11 nitrogen and oxygen atoms in total. The molecule has 1 aromatic heterocycles. The van der Waals surface area contributed by atoms with Gasteiger partial charge < -0.3 is 14.6 Å². The van der Waals surface area contributed by atoms with Crippen LogP contribution in [0.15, 0.2) is 57.9 Å². The molecule has 0 aliphatic heterocycles. The molecule has 2 amide bonds. The molecule has 0 spiro atoms. The van der Waals surface area contributed by atoms with Crippen LogP contribution in [-0.4, -0.2) is 41.5 Å². The molecule has 0 unspecified atom stereocenters. The summed E-state index contributed by atoms with van der Waals surface area (Å²) in [5, 5.41) is 6.59. The van der Waals surface area contributed by atoms with Crippen LogP contribution in [0, 0.1) is 0 Å². The molecule has 0 fully saturated rings. The number of aromatic nitrogens is 2. The number of hydrogen-bond acceptors (Lipinski definition) is 9. The molecule has 1 heterocycles. The Morgan fingerprint density at radius 3 is 2.37 bits per heavy atom. The van der Waals surface area contributed by atoms with E-state index in [1.54, 1.807) is 36.0 Å². The van der Waals surface area contributed by atoms with Gasteiger partial charge in [-0.25, -0.2) is 15.6 Å². The Morgan fingerprint density at radius 2 is 1.67 bits per heavy atom. The maximum atomic E-state index is 12.2. The quantitative estimate of drug-likeness (QED) is 0.0536.